The van der Waals surface area contributed by atoms with E-state index in [1.807, 2.05) is 0 Å². The number of hydrogen-bond acceptors (Lipinski definition) is 0. The summed E-state index contributed by atoms with van der Waals surface area (Å²) in [5.74, 6) is 0. The molecule has 0 N–H and O–H groups in total. The Morgan fingerprint density at radius 1 is 0.364 bits per heavy atom. The fourth-order valence-corrected chi connectivity index (χ4v) is 0. The van der Waals surface area contributed by atoms with Crippen LogP contribution in [0.5, 0.6) is 0 Å². The maximum atomic E-state index is 2.35. The minimum atomic E-state index is -0.0502. The Bertz CT molecular complexity index is 198. The molecule has 0 amide bonds. The first-order valence-corrected chi connectivity index (χ1v) is 15.8. The van der Waals surface area contributed by atoms with Crippen molar-refractivity contribution in [2.45, 2.75) is 117 Å². The van der Waals surface area contributed by atoms with E-state index < -0.39 is 0 Å². The van der Waals surface area contributed by atoms with Gasteiger partial charge in [-0.2, -0.15) is 0 Å². The molecular weight excluding hydrogens is 509 g/mol. The van der Waals surface area contributed by atoms with Crippen LogP contribution in [0.3, 0.4) is 0 Å². The van der Waals surface area contributed by atoms with Gasteiger partial charge in [-0.15, -0.1) is 0 Å². The molecule has 0 aliphatic heterocycles. The average molecular weight is 555 g/mol. The minimum absolute atomic E-state index is 0. The molecular formula is C18H45BiSi3. The van der Waals surface area contributed by atoms with Crippen molar-refractivity contribution in [2.24, 2.45) is 0 Å². The molecule has 0 heterocycles. The Morgan fingerprint density at radius 3 is 0.409 bits per heavy atom. The molecule has 0 saturated carbocycles. The van der Waals surface area contributed by atoms with E-state index in [0.29, 0.717) is 15.1 Å². The fourth-order valence-electron chi connectivity index (χ4n) is 0. The third kappa shape index (κ3) is 23.8. The van der Waals surface area contributed by atoms with E-state index >= 15 is 0 Å². The smallest absolute Gasteiger partial charge is 0.0470 e. The van der Waals surface area contributed by atoms with Gasteiger partial charge >= 0.3 is 0 Å². The van der Waals surface area contributed by atoms with Gasteiger partial charge in [-0.3, -0.25) is 0 Å². The molecule has 0 aromatic heterocycles. The molecule has 0 saturated heterocycles. The molecule has 4 heteroatoms. The molecule has 0 aromatic carbocycles. The van der Waals surface area contributed by atoms with Crippen molar-refractivity contribution in [1.29, 1.82) is 0 Å². The molecule has 0 aliphatic carbocycles. The fraction of sp³-hybridized carbons (Fsp3) is 1.00. The summed E-state index contributed by atoms with van der Waals surface area (Å²) in [6.07, 6.45) is 0. The van der Waals surface area contributed by atoms with Crippen LogP contribution >= 0.6 is 0 Å². The molecule has 0 nitrogen and oxygen atoms in total. The summed E-state index contributed by atoms with van der Waals surface area (Å²) in [4.78, 5) is 0. The van der Waals surface area contributed by atoms with Gasteiger partial charge in [0.1, 0.15) is 0 Å². The normalized spacial score (nSPS) is 12.3. The van der Waals surface area contributed by atoms with Gasteiger partial charge in [0.2, 0.25) is 0 Å². The van der Waals surface area contributed by atoms with E-state index in [2.05, 4.69) is 102 Å². The monoisotopic (exact) mass is 554 g/mol. The van der Waals surface area contributed by atoms with Crippen molar-refractivity contribution < 1.29 is 0 Å². The van der Waals surface area contributed by atoms with Crippen molar-refractivity contribution in [3.05, 3.63) is 0 Å². The van der Waals surface area contributed by atoms with Crippen LogP contribution in [0.2, 0.25) is 54.4 Å². The van der Waals surface area contributed by atoms with E-state index in [0.717, 1.165) is 0 Å². The van der Waals surface area contributed by atoms with Crippen LogP contribution in [0.25, 0.3) is 0 Å². The van der Waals surface area contributed by atoms with E-state index in [-0.39, 0.29) is 52.6 Å². The Morgan fingerprint density at radius 2 is 0.409 bits per heavy atom. The summed E-state index contributed by atoms with van der Waals surface area (Å²) < 4.78 is 0. The van der Waals surface area contributed by atoms with Crippen LogP contribution in [0.4, 0.5) is 0 Å². The third-order valence-corrected chi connectivity index (χ3v) is 13.5. The van der Waals surface area contributed by atoms with Crippen molar-refractivity contribution in [3.63, 3.8) is 0 Å². The molecule has 0 spiro atoms. The molecule has 22 heavy (non-hydrogen) atoms. The Balaban J connectivity index is -0.000000108. The van der Waals surface area contributed by atoms with Crippen LogP contribution in [-0.2, 0) is 0 Å². The van der Waals surface area contributed by atoms with Gasteiger partial charge in [-0.05, 0) is 15.1 Å². The SMILES string of the molecule is C[Si](C)C(C)(C)C.C[Si](C)C(C)(C)C.C[Si](C)C(C)(C)C.[Bi]. The summed E-state index contributed by atoms with van der Waals surface area (Å²) in [5, 5.41) is 1.81. The maximum Gasteiger partial charge on any atom is 0.0470 e. The molecule has 0 unspecified atom stereocenters. The van der Waals surface area contributed by atoms with Gasteiger partial charge in [-0.25, -0.2) is 0 Å². The summed E-state index contributed by atoms with van der Waals surface area (Å²) in [6, 6.07) is 0. The zero-order valence-electron chi connectivity index (χ0n) is 18.4. The molecule has 0 aromatic rings. The van der Waals surface area contributed by atoms with E-state index in [4.69, 9.17) is 0 Å². The quantitative estimate of drug-likeness (QED) is 0.277. The predicted octanol–water partition coefficient (Wildman–Crippen LogP) is 7.24. The topological polar surface area (TPSA) is 0 Å². The van der Waals surface area contributed by atoms with Crippen molar-refractivity contribution in [1.82, 2.24) is 0 Å². The molecule has 0 rings (SSSR count). The summed E-state index contributed by atoms with van der Waals surface area (Å²) >= 11 is 0. The second-order valence-electron chi connectivity index (χ2n) is 9.75. The summed E-state index contributed by atoms with van der Waals surface area (Å²) in [6.45, 7) is 34.9. The van der Waals surface area contributed by atoms with Crippen LogP contribution in [0.1, 0.15) is 62.3 Å². The zero-order chi connectivity index (χ0) is 18.2. The van der Waals surface area contributed by atoms with Gasteiger partial charge in [0.25, 0.3) is 0 Å². The minimum Gasteiger partial charge on any atom is -0.0709 e. The molecule has 0 fully saturated rings. The largest absolute Gasteiger partial charge is 0.0709 e. The van der Waals surface area contributed by atoms with E-state index in [9.17, 15) is 0 Å². The Kier molecular flexibility index (Phi) is 18.3. The van der Waals surface area contributed by atoms with Gasteiger partial charge in [0.15, 0.2) is 0 Å². The van der Waals surface area contributed by atoms with E-state index in [1.165, 1.54) is 0 Å². The third-order valence-electron chi connectivity index (χ3n) is 4.50. The second-order valence-corrected chi connectivity index (χ2v) is 20.2. The molecule has 0 aliphatic rings. The average Bonchev–Trinajstić information content (AvgIpc) is 2.14. The van der Waals surface area contributed by atoms with Gasteiger partial charge in [0, 0.05) is 52.6 Å². The first-order valence-electron chi connectivity index (χ1n) is 8.25. The first kappa shape index (κ1) is 31.3. The summed E-state index contributed by atoms with van der Waals surface area (Å²) in [7, 11) is -0.150. The van der Waals surface area contributed by atoms with Crippen molar-refractivity contribution in [3.8, 4) is 0 Å². The number of hydrogen-bond donors (Lipinski definition) is 0. The van der Waals surface area contributed by atoms with Crippen LogP contribution < -0.4 is 0 Å². The van der Waals surface area contributed by atoms with Gasteiger partial charge in [-0.1, -0.05) is 102 Å². The first-order chi connectivity index (χ1) is 8.83. The number of rotatable bonds is 0. The molecule has 6 radical (unpaired) electrons. The standard InChI is InChI=1S/3C6H15Si.Bi/c3*1-6(2,3)7(4)5;/h3*1-5H3;. The predicted molar refractivity (Wildman–Crippen MR) is 117 cm³/mol. The Labute approximate surface area is 168 Å². The van der Waals surface area contributed by atoms with Crippen molar-refractivity contribution >= 4 is 52.6 Å². The van der Waals surface area contributed by atoms with E-state index in [1.54, 1.807) is 0 Å². The van der Waals surface area contributed by atoms with Crippen LogP contribution in [0.15, 0.2) is 0 Å². The Hall–Kier alpha value is 1.53. The molecule has 134 valence electrons. The summed E-state index contributed by atoms with van der Waals surface area (Å²) in [5.41, 5.74) is 0. The molecule has 0 atom stereocenters. The second kappa shape index (κ2) is 12.8. The van der Waals surface area contributed by atoms with Crippen LogP contribution in [0, 0.1) is 0 Å². The zero-order valence-corrected chi connectivity index (χ0v) is 24.9. The van der Waals surface area contributed by atoms with Crippen molar-refractivity contribution in [2.75, 3.05) is 0 Å². The van der Waals surface area contributed by atoms with Gasteiger partial charge < -0.3 is 0 Å². The van der Waals surface area contributed by atoms with Gasteiger partial charge in [0.05, 0.1) is 0 Å². The van der Waals surface area contributed by atoms with Crippen LogP contribution in [-0.4, -0.2) is 52.6 Å². The molecule has 0 bridgehead atoms. The maximum absolute atomic E-state index is 2.35.